The maximum absolute atomic E-state index is 11.9. The molecule has 2 aromatic rings. The highest BCUT2D eigenvalue weighted by molar-refractivity contribution is 7.99. The predicted octanol–water partition coefficient (Wildman–Crippen LogP) is 1.78. The topological polar surface area (TPSA) is 75.2 Å². The zero-order valence-electron chi connectivity index (χ0n) is 11.8. The fourth-order valence-corrected chi connectivity index (χ4v) is 2.60. The van der Waals surface area contributed by atoms with Gasteiger partial charge in [-0.3, -0.25) is 4.79 Å². The van der Waals surface area contributed by atoms with Crippen molar-refractivity contribution in [3.05, 3.63) is 51.9 Å². The van der Waals surface area contributed by atoms with Crippen LogP contribution in [0.2, 0.25) is 0 Å². The number of aromatic amines is 1. The number of nitrogens with zero attached hydrogens (tertiary/aromatic N) is 1. The lowest BCUT2D eigenvalue weighted by atomic mass is 10.2. The molecule has 112 valence electrons. The summed E-state index contributed by atoms with van der Waals surface area (Å²) in [6.07, 6.45) is 0.330. The largest absolute Gasteiger partial charge is 0.493 e. The molecule has 0 amide bonds. The van der Waals surface area contributed by atoms with E-state index in [0.29, 0.717) is 35.2 Å². The zero-order chi connectivity index (χ0) is 15.1. The van der Waals surface area contributed by atoms with E-state index in [1.807, 2.05) is 30.3 Å². The molecule has 0 aliphatic rings. The number of aromatic nitrogens is 2. The van der Waals surface area contributed by atoms with Crippen LogP contribution >= 0.6 is 11.8 Å². The molecular weight excluding hydrogens is 288 g/mol. The van der Waals surface area contributed by atoms with E-state index in [4.69, 9.17) is 9.84 Å². The highest BCUT2D eigenvalue weighted by atomic mass is 32.2. The van der Waals surface area contributed by atoms with Gasteiger partial charge in [0, 0.05) is 30.0 Å². The summed E-state index contributed by atoms with van der Waals surface area (Å²) in [6, 6.07) is 9.58. The Morgan fingerprint density at radius 3 is 2.76 bits per heavy atom. The summed E-state index contributed by atoms with van der Waals surface area (Å²) in [4.78, 5) is 18.9. The van der Waals surface area contributed by atoms with Crippen LogP contribution < -0.4 is 10.3 Å². The van der Waals surface area contributed by atoms with Gasteiger partial charge in [-0.1, -0.05) is 30.0 Å². The number of rotatable bonds is 7. The van der Waals surface area contributed by atoms with Gasteiger partial charge >= 0.3 is 0 Å². The summed E-state index contributed by atoms with van der Waals surface area (Å²) < 4.78 is 5.58. The van der Waals surface area contributed by atoms with Crippen LogP contribution in [0.1, 0.15) is 11.3 Å². The third-order valence-corrected chi connectivity index (χ3v) is 3.73. The minimum absolute atomic E-state index is 0.0526. The van der Waals surface area contributed by atoms with Crippen molar-refractivity contribution < 1.29 is 9.84 Å². The number of para-hydroxylation sites is 1. The highest BCUT2D eigenvalue weighted by Gasteiger charge is 2.07. The predicted molar refractivity (Wildman–Crippen MR) is 83.0 cm³/mol. The number of thioether (sulfide) groups is 1. The van der Waals surface area contributed by atoms with E-state index in [-0.39, 0.29) is 12.2 Å². The van der Waals surface area contributed by atoms with Crippen molar-refractivity contribution >= 4 is 11.8 Å². The van der Waals surface area contributed by atoms with E-state index in [2.05, 4.69) is 9.97 Å². The van der Waals surface area contributed by atoms with Gasteiger partial charge in [-0.05, 0) is 19.1 Å². The number of aliphatic hydroxyl groups is 1. The maximum Gasteiger partial charge on any atom is 0.255 e. The minimum Gasteiger partial charge on any atom is -0.493 e. The molecule has 0 spiro atoms. The third-order valence-electron chi connectivity index (χ3n) is 2.90. The monoisotopic (exact) mass is 306 g/mol. The summed E-state index contributed by atoms with van der Waals surface area (Å²) in [7, 11) is 0. The van der Waals surface area contributed by atoms with E-state index in [1.54, 1.807) is 6.92 Å². The van der Waals surface area contributed by atoms with Crippen LogP contribution in [0.4, 0.5) is 0 Å². The van der Waals surface area contributed by atoms with E-state index in [0.717, 1.165) is 5.75 Å². The van der Waals surface area contributed by atoms with Crippen LogP contribution in [0.3, 0.4) is 0 Å². The molecule has 0 radical (unpaired) electrons. The number of nitrogens with one attached hydrogen (secondary N) is 1. The fourth-order valence-electron chi connectivity index (χ4n) is 1.87. The Balaban J connectivity index is 1.88. The van der Waals surface area contributed by atoms with Gasteiger partial charge < -0.3 is 14.8 Å². The molecule has 21 heavy (non-hydrogen) atoms. The zero-order valence-corrected chi connectivity index (χ0v) is 12.7. The smallest absolute Gasteiger partial charge is 0.255 e. The van der Waals surface area contributed by atoms with E-state index >= 15 is 0 Å². The SMILES string of the molecule is Cc1nc(SCCOc2ccccc2)[nH]c(=O)c1CCO. The van der Waals surface area contributed by atoms with Crippen LogP contribution in [0, 0.1) is 6.92 Å². The summed E-state index contributed by atoms with van der Waals surface area (Å²) in [5.74, 6) is 1.52. The number of aryl methyl sites for hydroxylation is 1. The molecule has 5 nitrogen and oxygen atoms in total. The summed E-state index contributed by atoms with van der Waals surface area (Å²) >= 11 is 1.44. The lowest BCUT2D eigenvalue weighted by Gasteiger charge is -2.07. The number of H-pyrrole nitrogens is 1. The molecule has 0 saturated carbocycles. The number of ether oxygens (including phenoxy) is 1. The second kappa shape index (κ2) is 7.85. The van der Waals surface area contributed by atoms with Crippen molar-refractivity contribution in [2.45, 2.75) is 18.5 Å². The standard InChI is InChI=1S/C15H18N2O3S/c1-11-13(7-8-18)14(19)17-15(16-11)21-10-9-20-12-5-3-2-4-6-12/h2-6,18H,7-10H2,1H3,(H,16,17,19). The Morgan fingerprint density at radius 2 is 2.10 bits per heavy atom. The molecule has 1 heterocycles. The van der Waals surface area contributed by atoms with Gasteiger partial charge in [0.25, 0.3) is 5.56 Å². The Morgan fingerprint density at radius 1 is 1.33 bits per heavy atom. The molecular formula is C15H18N2O3S. The first-order valence-corrected chi connectivity index (χ1v) is 7.70. The van der Waals surface area contributed by atoms with E-state index in [9.17, 15) is 4.79 Å². The summed E-state index contributed by atoms with van der Waals surface area (Å²) in [5, 5.41) is 9.50. The van der Waals surface area contributed by atoms with Gasteiger partial charge in [0.1, 0.15) is 5.75 Å². The first-order chi connectivity index (χ1) is 10.2. The Hall–Kier alpha value is -1.79. The van der Waals surface area contributed by atoms with Crippen LogP contribution in [-0.4, -0.2) is 34.0 Å². The van der Waals surface area contributed by atoms with Gasteiger partial charge in [0.05, 0.1) is 6.61 Å². The van der Waals surface area contributed by atoms with E-state index in [1.165, 1.54) is 11.8 Å². The van der Waals surface area contributed by atoms with Crippen molar-refractivity contribution in [1.29, 1.82) is 0 Å². The average Bonchev–Trinajstić information content (AvgIpc) is 2.48. The second-order valence-electron chi connectivity index (χ2n) is 4.42. The number of benzene rings is 1. The third kappa shape index (κ3) is 4.61. The molecule has 1 aromatic carbocycles. The van der Waals surface area contributed by atoms with Crippen LogP contribution in [-0.2, 0) is 6.42 Å². The lowest BCUT2D eigenvalue weighted by molar-refractivity contribution is 0.298. The Bertz CT molecular complexity index is 629. The van der Waals surface area contributed by atoms with E-state index < -0.39 is 0 Å². The highest BCUT2D eigenvalue weighted by Crippen LogP contribution is 2.14. The van der Waals surface area contributed by atoms with Gasteiger partial charge in [-0.2, -0.15) is 0 Å². The molecule has 0 unspecified atom stereocenters. The fraction of sp³-hybridized carbons (Fsp3) is 0.333. The molecule has 0 fully saturated rings. The normalized spacial score (nSPS) is 10.6. The molecule has 2 rings (SSSR count). The number of hydrogen-bond acceptors (Lipinski definition) is 5. The first-order valence-electron chi connectivity index (χ1n) is 6.72. The lowest BCUT2D eigenvalue weighted by Crippen LogP contribution is -2.18. The van der Waals surface area contributed by atoms with Gasteiger partial charge in [0.15, 0.2) is 5.16 Å². The van der Waals surface area contributed by atoms with Crippen LogP contribution in [0.15, 0.2) is 40.3 Å². The van der Waals surface area contributed by atoms with Crippen LogP contribution in [0.25, 0.3) is 0 Å². The molecule has 2 N–H and O–H groups in total. The first kappa shape index (κ1) is 15.6. The Labute approximate surface area is 127 Å². The quantitative estimate of drug-likeness (QED) is 0.463. The average molecular weight is 306 g/mol. The minimum atomic E-state index is -0.178. The van der Waals surface area contributed by atoms with Gasteiger partial charge in [-0.25, -0.2) is 4.98 Å². The number of hydrogen-bond donors (Lipinski definition) is 2. The number of aliphatic hydroxyl groups excluding tert-OH is 1. The molecule has 1 aromatic heterocycles. The van der Waals surface area contributed by atoms with Gasteiger partial charge in [-0.15, -0.1) is 0 Å². The van der Waals surface area contributed by atoms with Crippen LogP contribution in [0.5, 0.6) is 5.75 Å². The molecule has 0 aliphatic heterocycles. The maximum atomic E-state index is 11.9. The molecule has 0 bridgehead atoms. The molecule has 6 heteroatoms. The van der Waals surface area contributed by atoms with Crippen molar-refractivity contribution in [2.24, 2.45) is 0 Å². The molecule has 0 atom stereocenters. The van der Waals surface area contributed by atoms with Gasteiger partial charge in [0.2, 0.25) is 0 Å². The van der Waals surface area contributed by atoms with Crippen molar-refractivity contribution in [2.75, 3.05) is 19.0 Å². The van der Waals surface area contributed by atoms with Crippen molar-refractivity contribution in [3.8, 4) is 5.75 Å². The summed E-state index contributed by atoms with van der Waals surface area (Å²) in [5.41, 5.74) is 1.03. The van der Waals surface area contributed by atoms with Crippen molar-refractivity contribution in [3.63, 3.8) is 0 Å². The molecule has 0 saturated heterocycles. The summed E-state index contributed by atoms with van der Waals surface area (Å²) in [6.45, 7) is 2.27. The second-order valence-corrected chi connectivity index (χ2v) is 5.50. The van der Waals surface area contributed by atoms with Crippen molar-refractivity contribution in [1.82, 2.24) is 9.97 Å². The molecule has 0 aliphatic carbocycles. The Kier molecular flexibility index (Phi) is 5.83.